The number of aromatic amines is 1. The summed E-state index contributed by atoms with van der Waals surface area (Å²) in [4.78, 5) is 40.8. The number of hydrogen-bond acceptors (Lipinski definition) is 9. The second-order valence-electron chi connectivity index (χ2n) is 8.40. The molecule has 39 heavy (non-hydrogen) atoms. The molecule has 11 nitrogen and oxygen atoms in total. The van der Waals surface area contributed by atoms with Crippen LogP contribution in [0.2, 0.25) is 0 Å². The van der Waals surface area contributed by atoms with Crippen molar-refractivity contribution < 1.29 is 38.7 Å². The van der Waals surface area contributed by atoms with Gasteiger partial charge in [-0.1, -0.05) is 12.1 Å². The average Bonchev–Trinajstić information content (AvgIpc) is 2.91. The number of amides is 1. The largest absolute Gasteiger partial charge is 0.506 e. The van der Waals surface area contributed by atoms with Gasteiger partial charge in [0.1, 0.15) is 11.3 Å². The Morgan fingerprint density at radius 2 is 1.69 bits per heavy atom. The Kier molecular flexibility index (Phi) is 9.80. The standard InChI is InChI=1S/C28H32N2O9/c1-5-38-23-11-16(7-9-22(23)37-4)14-29-24(32)13-18(17-8-10-21(36-3)20(31)12-17)25-26(33)19(15-30-27(25)34)28(35)39-6-2/h7-12,15,18,31H,5-6,13-14H2,1-4H3,(H,29,32)(H2,30,33,34). The topological polar surface area (TPSA) is 156 Å². The molecule has 0 bridgehead atoms. The van der Waals surface area contributed by atoms with Crippen molar-refractivity contribution in [3.8, 4) is 28.7 Å². The molecular weight excluding hydrogens is 508 g/mol. The SMILES string of the molecule is CCOC(=O)c1c[nH]c(=O)c(C(CC(=O)NCc2ccc(OC)c(OCC)c2)c2ccc(OC)c(O)c2)c1O. The van der Waals surface area contributed by atoms with Crippen molar-refractivity contribution in [3.63, 3.8) is 0 Å². The fourth-order valence-electron chi connectivity index (χ4n) is 4.09. The fourth-order valence-corrected chi connectivity index (χ4v) is 4.09. The number of ether oxygens (including phenoxy) is 4. The molecule has 3 aromatic rings. The van der Waals surface area contributed by atoms with Gasteiger partial charge in [0.15, 0.2) is 23.0 Å². The lowest BCUT2D eigenvalue weighted by Crippen LogP contribution is -2.27. The van der Waals surface area contributed by atoms with Gasteiger partial charge in [-0.2, -0.15) is 0 Å². The van der Waals surface area contributed by atoms with Crippen LogP contribution in [0.1, 0.15) is 53.2 Å². The Bertz CT molecular complexity index is 1380. The van der Waals surface area contributed by atoms with Crippen LogP contribution >= 0.6 is 0 Å². The summed E-state index contributed by atoms with van der Waals surface area (Å²) in [6, 6.07) is 9.63. The minimum absolute atomic E-state index is 0.0568. The Balaban J connectivity index is 1.95. The van der Waals surface area contributed by atoms with Crippen molar-refractivity contribution in [2.75, 3.05) is 27.4 Å². The lowest BCUT2D eigenvalue weighted by atomic mass is 9.87. The van der Waals surface area contributed by atoms with E-state index in [2.05, 4.69) is 10.3 Å². The number of rotatable bonds is 12. The molecule has 4 N–H and O–H groups in total. The Morgan fingerprint density at radius 1 is 0.974 bits per heavy atom. The number of aromatic nitrogens is 1. The van der Waals surface area contributed by atoms with Crippen LogP contribution in [0.3, 0.4) is 0 Å². The molecule has 0 radical (unpaired) electrons. The van der Waals surface area contributed by atoms with Crippen molar-refractivity contribution in [1.29, 1.82) is 0 Å². The van der Waals surface area contributed by atoms with Crippen LogP contribution in [0, 0.1) is 0 Å². The molecule has 3 rings (SSSR count). The van der Waals surface area contributed by atoms with E-state index in [0.717, 1.165) is 11.8 Å². The lowest BCUT2D eigenvalue weighted by Gasteiger charge is -2.20. The normalized spacial score (nSPS) is 11.4. The van der Waals surface area contributed by atoms with Crippen LogP contribution in [-0.2, 0) is 16.1 Å². The van der Waals surface area contributed by atoms with Crippen LogP contribution in [-0.4, -0.2) is 54.5 Å². The van der Waals surface area contributed by atoms with Crippen LogP contribution < -0.4 is 25.1 Å². The predicted octanol–water partition coefficient (Wildman–Crippen LogP) is 3.22. The van der Waals surface area contributed by atoms with E-state index in [1.54, 1.807) is 31.2 Å². The first-order valence-corrected chi connectivity index (χ1v) is 12.3. The van der Waals surface area contributed by atoms with Gasteiger partial charge in [-0.05, 0) is 49.2 Å². The monoisotopic (exact) mass is 540 g/mol. The van der Waals surface area contributed by atoms with E-state index < -0.39 is 29.1 Å². The van der Waals surface area contributed by atoms with E-state index in [4.69, 9.17) is 18.9 Å². The van der Waals surface area contributed by atoms with E-state index in [0.29, 0.717) is 23.7 Å². The van der Waals surface area contributed by atoms with Gasteiger partial charge >= 0.3 is 5.97 Å². The van der Waals surface area contributed by atoms with Crippen molar-refractivity contribution >= 4 is 11.9 Å². The van der Waals surface area contributed by atoms with Crippen LogP contribution in [0.15, 0.2) is 47.4 Å². The highest BCUT2D eigenvalue weighted by atomic mass is 16.5. The number of methoxy groups -OCH3 is 2. The predicted molar refractivity (Wildman–Crippen MR) is 142 cm³/mol. The third kappa shape index (κ3) is 6.81. The van der Waals surface area contributed by atoms with E-state index in [-0.39, 0.29) is 42.2 Å². The van der Waals surface area contributed by atoms with Gasteiger partial charge in [-0.15, -0.1) is 0 Å². The van der Waals surface area contributed by atoms with Crippen LogP contribution in [0.25, 0.3) is 0 Å². The maximum absolute atomic E-state index is 13.1. The van der Waals surface area contributed by atoms with E-state index in [1.807, 2.05) is 6.92 Å². The first kappa shape index (κ1) is 28.9. The number of carbonyl (C=O) groups excluding carboxylic acids is 2. The second kappa shape index (κ2) is 13.2. The molecule has 0 aliphatic heterocycles. The molecule has 208 valence electrons. The van der Waals surface area contributed by atoms with Gasteiger partial charge in [0.2, 0.25) is 5.91 Å². The summed E-state index contributed by atoms with van der Waals surface area (Å²) in [6.07, 6.45) is 0.768. The summed E-state index contributed by atoms with van der Waals surface area (Å²) < 4.78 is 20.9. The molecule has 11 heteroatoms. The molecule has 1 aromatic heterocycles. The number of phenolic OH excluding ortho intramolecular Hbond substituents is 1. The number of esters is 1. The summed E-state index contributed by atoms with van der Waals surface area (Å²) in [7, 11) is 2.92. The molecule has 0 aliphatic carbocycles. The number of H-pyrrole nitrogens is 1. The molecule has 0 spiro atoms. The third-order valence-electron chi connectivity index (χ3n) is 5.96. The smallest absolute Gasteiger partial charge is 0.343 e. The molecule has 1 heterocycles. The van der Waals surface area contributed by atoms with Gasteiger partial charge in [-0.3, -0.25) is 9.59 Å². The van der Waals surface area contributed by atoms with Crippen molar-refractivity contribution in [2.45, 2.75) is 32.7 Å². The fraction of sp³-hybridized carbons (Fsp3) is 0.321. The highest BCUT2D eigenvalue weighted by molar-refractivity contribution is 5.92. The second-order valence-corrected chi connectivity index (χ2v) is 8.40. The zero-order valence-corrected chi connectivity index (χ0v) is 22.2. The zero-order valence-electron chi connectivity index (χ0n) is 22.2. The van der Waals surface area contributed by atoms with E-state index >= 15 is 0 Å². The number of benzene rings is 2. The minimum atomic E-state index is -1.03. The summed E-state index contributed by atoms with van der Waals surface area (Å²) in [5.74, 6) is -1.88. The number of aromatic hydroxyl groups is 2. The Labute approximate surface area is 225 Å². The van der Waals surface area contributed by atoms with Gasteiger partial charge in [0, 0.05) is 25.1 Å². The molecule has 0 saturated heterocycles. The summed E-state index contributed by atoms with van der Waals surface area (Å²) in [5.41, 5.74) is -0.0885. The van der Waals surface area contributed by atoms with Crippen molar-refractivity contribution in [3.05, 3.63) is 75.2 Å². The highest BCUT2D eigenvalue weighted by Crippen LogP contribution is 2.37. The van der Waals surface area contributed by atoms with E-state index in [1.165, 1.54) is 26.4 Å². The van der Waals surface area contributed by atoms with Crippen molar-refractivity contribution in [1.82, 2.24) is 10.3 Å². The zero-order chi connectivity index (χ0) is 28.5. The molecule has 0 saturated carbocycles. The molecule has 1 amide bonds. The molecule has 0 aliphatic rings. The molecule has 1 atom stereocenters. The maximum Gasteiger partial charge on any atom is 0.343 e. The minimum Gasteiger partial charge on any atom is -0.506 e. The molecular formula is C28H32N2O9. The molecule has 2 aromatic carbocycles. The van der Waals surface area contributed by atoms with E-state index in [9.17, 15) is 24.6 Å². The summed E-state index contributed by atoms with van der Waals surface area (Å²) in [6.45, 7) is 4.09. The Morgan fingerprint density at radius 3 is 2.33 bits per heavy atom. The maximum atomic E-state index is 13.1. The van der Waals surface area contributed by atoms with Gasteiger partial charge in [0.05, 0.1) is 33.0 Å². The number of pyridine rings is 1. The lowest BCUT2D eigenvalue weighted by molar-refractivity contribution is -0.121. The number of carbonyl (C=O) groups is 2. The number of hydrogen-bond donors (Lipinski definition) is 4. The molecule has 1 unspecified atom stereocenters. The molecule has 0 fully saturated rings. The summed E-state index contributed by atoms with van der Waals surface area (Å²) in [5, 5.41) is 24.1. The average molecular weight is 541 g/mol. The number of nitrogens with one attached hydrogen (secondary N) is 2. The third-order valence-corrected chi connectivity index (χ3v) is 5.96. The van der Waals surface area contributed by atoms with Crippen molar-refractivity contribution in [2.24, 2.45) is 0 Å². The van der Waals surface area contributed by atoms with Gasteiger partial charge in [0.25, 0.3) is 5.56 Å². The first-order valence-electron chi connectivity index (χ1n) is 12.3. The Hall–Kier alpha value is -4.67. The number of phenols is 1. The van der Waals surface area contributed by atoms with Gasteiger partial charge < -0.3 is 39.5 Å². The highest BCUT2D eigenvalue weighted by Gasteiger charge is 2.28. The first-order chi connectivity index (χ1) is 18.7. The van der Waals surface area contributed by atoms with Crippen LogP contribution in [0.4, 0.5) is 0 Å². The van der Waals surface area contributed by atoms with Crippen LogP contribution in [0.5, 0.6) is 28.7 Å². The quantitative estimate of drug-likeness (QED) is 0.253. The summed E-state index contributed by atoms with van der Waals surface area (Å²) >= 11 is 0. The van der Waals surface area contributed by atoms with Gasteiger partial charge in [-0.25, -0.2) is 4.79 Å².